The number of hydrogen-bond donors (Lipinski definition) is 0. The van der Waals surface area contributed by atoms with Gasteiger partial charge in [-0.3, -0.25) is 14.9 Å². The second-order valence-corrected chi connectivity index (χ2v) is 6.45. The predicted octanol–water partition coefficient (Wildman–Crippen LogP) is 2.62. The molecule has 138 valence electrons. The Balaban J connectivity index is 2.02. The minimum atomic E-state index is -0.715. The van der Waals surface area contributed by atoms with Gasteiger partial charge in [0.1, 0.15) is 4.88 Å². The van der Waals surface area contributed by atoms with Crippen LogP contribution in [0.5, 0.6) is 0 Å². The fourth-order valence-electron chi connectivity index (χ4n) is 2.27. The molecule has 0 aliphatic heterocycles. The van der Waals surface area contributed by atoms with Crippen LogP contribution in [0.15, 0.2) is 24.3 Å². The highest BCUT2D eigenvalue weighted by molar-refractivity contribution is 7.20. The van der Waals surface area contributed by atoms with E-state index in [9.17, 15) is 19.7 Å². The van der Waals surface area contributed by atoms with Crippen molar-refractivity contribution in [3.8, 4) is 12.1 Å². The number of hydrogen-bond acceptors (Lipinski definition) is 8. The van der Waals surface area contributed by atoms with Gasteiger partial charge < -0.3 is 9.64 Å². The van der Waals surface area contributed by atoms with Crippen molar-refractivity contribution >= 4 is 39.0 Å². The van der Waals surface area contributed by atoms with Crippen LogP contribution in [-0.4, -0.2) is 41.4 Å². The molecule has 0 atom stereocenters. The Morgan fingerprint density at radius 3 is 2.44 bits per heavy atom. The third-order valence-corrected chi connectivity index (χ3v) is 4.67. The molecular formula is C17H14N4O5S. The van der Waals surface area contributed by atoms with E-state index < -0.39 is 23.4 Å². The molecule has 0 radical (unpaired) electrons. The summed E-state index contributed by atoms with van der Waals surface area (Å²) in [6.07, 6.45) is 0.223. The van der Waals surface area contributed by atoms with Crippen molar-refractivity contribution in [2.24, 2.45) is 0 Å². The molecular weight excluding hydrogens is 372 g/mol. The first-order valence-electron chi connectivity index (χ1n) is 7.83. The SMILES string of the molecule is N#CCCN(CCC#N)C(=O)COC(=O)c1cc2cc([N+](=O)[O-])ccc2s1. The number of carbonyl (C=O) groups is 2. The molecule has 10 heteroatoms. The van der Waals surface area contributed by atoms with Gasteiger partial charge in [0.15, 0.2) is 6.61 Å². The monoisotopic (exact) mass is 386 g/mol. The third kappa shape index (κ3) is 5.23. The van der Waals surface area contributed by atoms with Crippen LogP contribution in [0.1, 0.15) is 22.5 Å². The molecule has 0 saturated heterocycles. The number of nitriles is 2. The van der Waals surface area contributed by atoms with Crippen LogP contribution < -0.4 is 0 Å². The first kappa shape index (κ1) is 19.8. The maximum Gasteiger partial charge on any atom is 0.348 e. The summed E-state index contributed by atoms with van der Waals surface area (Å²) in [5.41, 5.74) is -0.0824. The topological polar surface area (TPSA) is 137 Å². The van der Waals surface area contributed by atoms with Gasteiger partial charge in [0.2, 0.25) is 0 Å². The Labute approximate surface area is 158 Å². The van der Waals surface area contributed by atoms with Crippen LogP contribution in [0.3, 0.4) is 0 Å². The van der Waals surface area contributed by atoms with Crippen molar-refractivity contribution < 1.29 is 19.2 Å². The number of fused-ring (bicyclic) bond motifs is 1. The lowest BCUT2D eigenvalue weighted by Crippen LogP contribution is -2.36. The quantitative estimate of drug-likeness (QED) is 0.386. The van der Waals surface area contributed by atoms with E-state index in [1.807, 2.05) is 12.1 Å². The van der Waals surface area contributed by atoms with Gasteiger partial charge in [0.05, 0.1) is 29.9 Å². The van der Waals surface area contributed by atoms with E-state index in [0.717, 1.165) is 11.3 Å². The molecule has 0 bridgehead atoms. The van der Waals surface area contributed by atoms with E-state index >= 15 is 0 Å². The molecule has 0 saturated carbocycles. The van der Waals surface area contributed by atoms with Crippen molar-refractivity contribution in [2.45, 2.75) is 12.8 Å². The summed E-state index contributed by atoms with van der Waals surface area (Å²) in [6.45, 7) is -0.202. The smallest absolute Gasteiger partial charge is 0.348 e. The largest absolute Gasteiger partial charge is 0.451 e. The number of thiophene rings is 1. The van der Waals surface area contributed by atoms with Crippen LogP contribution >= 0.6 is 11.3 Å². The zero-order valence-electron chi connectivity index (χ0n) is 14.1. The summed E-state index contributed by atoms with van der Waals surface area (Å²) in [7, 11) is 0. The van der Waals surface area contributed by atoms with Gasteiger partial charge in [-0.1, -0.05) is 0 Å². The van der Waals surface area contributed by atoms with E-state index in [0.29, 0.717) is 10.1 Å². The number of nitro benzene ring substituents is 1. The van der Waals surface area contributed by atoms with Crippen molar-refractivity contribution in [1.82, 2.24) is 4.90 Å². The predicted molar refractivity (Wildman–Crippen MR) is 95.8 cm³/mol. The second kappa shape index (κ2) is 9.27. The molecule has 0 aliphatic rings. The first-order chi connectivity index (χ1) is 13.0. The van der Waals surface area contributed by atoms with Gasteiger partial charge in [0.25, 0.3) is 11.6 Å². The molecule has 27 heavy (non-hydrogen) atoms. The lowest BCUT2D eigenvalue weighted by atomic mass is 10.2. The van der Waals surface area contributed by atoms with E-state index in [1.54, 1.807) is 6.07 Å². The molecule has 2 rings (SSSR count). The number of nitro groups is 1. The molecule has 0 N–H and O–H groups in total. The van der Waals surface area contributed by atoms with Crippen LogP contribution in [0.2, 0.25) is 0 Å². The fraction of sp³-hybridized carbons (Fsp3) is 0.294. The minimum Gasteiger partial charge on any atom is -0.451 e. The molecule has 1 amide bonds. The summed E-state index contributed by atoms with van der Waals surface area (Å²) in [6, 6.07) is 9.56. The van der Waals surface area contributed by atoms with Gasteiger partial charge in [-0.15, -0.1) is 11.3 Å². The molecule has 1 aromatic carbocycles. The second-order valence-electron chi connectivity index (χ2n) is 5.36. The number of ether oxygens (including phenoxy) is 1. The van der Waals surface area contributed by atoms with E-state index in [-0.39, 0.29) is 36.5 Å². The van der Waals surface area contributed by atoms with Crippen LogP contribution in [0.4, 0.5) is 5.69 Å². The minimum absolute atomic E-state index is 0.0824. The number of rotatable bonds is 8. The molecule has 0 unspecified atom stereocenters. The maximum atomic E-state index is 12.2. The number of benzene rings is 1. The lowest BCUT2D eigenvalue weighted by Gasteiger charge is -2.19. The molecule has 0 fully saturated rings. The Morgan fingerprint density at radius 1 is 1.19 bits per heavy atom. The molecule has 0 spiro atoms. The molecule has 1 heterocycles. The zero-order valence-corrected chi connectivity index (χ0v) is 14.9. The van der Waals surface area contributed by atoms with Gasteiger partial charge >= 0.3 is 5.97 Å². The number of non-ortho nitro benzene ring substituents is 1. The number of nitrogens with zero attached hydrogens (tertiary/aromatic N) is 4. The normalized spacial score (nSPS) is 10.0. The zero-order chi connectivity index (χ0) is 19.8. The Hall–Kier alpha value is -3.50. The van der Waals surface area contributed by atoms with Gasteiger partial charge in [0, 0.05) is 35.3 Å². The van der Waals surface area contributed by atoms with Gasteiger partial charge in [-0.25, -0.2) is 4.79 Å². The van der Waals surface area contributed by atoms with Crippen LogP contribution in [-0.2, 0) is 9.53 Å². The summed E-state index contributed by atoms with van der Waals surface area (Å²) in [5, 5.41) is 28.6. The maximum absolute atomic E-state index is 12.2. The van der Waals surface area contributed by atoms with Crippen molar-refractivity contribution in [1.29, 1.82) is 10.5 Å². The fourth-order valence-corrected chi connectivity index (χ4v) is 3.20. The summed E-state index contributed by atoms with van der Waals surface area (Å²) < 4.78 is 5.70. The van der Waals surface area contributed by atoms with E-state index in [4.69, 9.17) is 15.3 Å². The van der Waals surface area contributed by atoms with Crippen molar-refractivity contribution in [2.75, 3.05) is 19.7 Å². The molecule has 0 aliphatic carbocycles. The average Bonchev–Trinajstić information content (AvgIpc) is 3.09. The number of esters is 1. The van der Waals surface area contributed by atoms with E-state index in [2.05, 4.69) is 0 Å². The Morgan fingerprint density at radius 2 is 1.85 bits per heavy atom. The molecule has 9 nitrogen and oxygen atoms in total. The first-order valence-corrected chi connectivity index (χ1v) is 8.64. The van der Waals surface area contributed by atoms with Gasteiger partial charge in [-0.2, -0.15) is 10.5 Å². The summed E-state index contributed by atoms with van der Waals surface area (Å²) in [4.78, 5) is 36.1. The lowest BCUT2D eigenvalue weighted by molar-refractivity contribution is -0.384. The van der Waals surface area contributed by atoms with E-state index in [1.165, 1.54) is 23.1 Å². The highest BCUT2D eigenvalue weighted by Gasteiger charge is 2.18. The standard InChI is InChI=1S/C17H14N4O5S/c18-5-1-7-20(8-2-6-19)16(22)11-26-17(23)15-10-12-9-13(21(24)25)3-4-14(12)27-15/h3-4,9-10H,1-2,7-8,11H2. The average molecular weight is 386 g/mol. The van der Waals surface area contributed by atoms with Crippen molar-refractivity contribution in [3.63, 3.8) is 0 Å². The van der Waals surface area contributed by atoms with Crippen LogP contribution in [0.25, 0.3) is 10.1 Å². The Kier molecular flexibility index (Phi) is 6.80. The molecule has 1 aromatic heterocycles. The third-order valence-electron chi connectivity index (χ3n) is 3.58. The highest BCUT2D eigenvalue weighted by atomic mass is 32.1. The number of amides is 1. The van der Waals surface area contributed by atoms with Crippen molar-refractivity contribution in [3.05, 3.63) is 39.3 Å². The van der Waals surface area contributed by atoms with Gasteiger partial charge in [-0.05, 0) is 12.1 Å². The van der Waals surface area contributed by atoms with Crippen LogP contribution in [0, 0.1) is 32.8 Å². The number of carbonyl (C=O) groups excluding carboxylic acids is 2. The Bertz CT molecular complexity index is 938. The molecule has 2 aromatic rings. The highest BCUT2D eigenvalue weighted by Crippen LogP contribution is 2.29. The summed E-state index contributed by atoms with van der Waals surface area (Å²) in [5.74, 6) is -1.21. The summed E-state index contributed by atoms with van der Waals surface area (Å²) >= 11 is 1.11.